The molecule has 1 amide bonds. The maximum Gasteiger partial charge on any atom is 0.305 e. The number of nitrogens with one attached hydrogen (secondary N) is 1. The van der Waals surface area contributed by atoms with Crippen LogP contribution in [0, 0.1) is 5.82 Å². The first-order chi connectivity index (χ1) is 10.7. The Bertz CT molecular complexity index is 768. The fourth-order valence-electron chi connectivity index (χ4n) is 2.11. The molecule has 0 aliphatic rings. The third-order valence-corrected chi connectivity index (χ3v) is 3.27. The number of hydrogen-bond acceptors (Lipinski definition) is 1. The lowest BCUT2D eigenvalue weighted by Crippen LogP contribution is -2.47. The Hall–Kier alpha value is -3.01. The first-order valence-electron chi connectivity index (χ1n) is 6.86. The molecule has 0 unspecified atom stereocenters. The number of amides is 1. The van der Waals surface area contributed by atoms with Gasteiger partial charge in [0.25, 0.3) is 0 Å². The Labute approximate surface area is 127 Å². The van der Waals surface area contributed by atoms with Gasteiger partial charge in [-0.25, -0.2) is 4.39 Å². The van der Waals surface area contributed by atoms with Gasteiger partial charge in [-0.1, -0.05) is 35.0 Å². The van der Waals surface area contributed by atoms with Crippen molar-refractivity contribution in [2.75, 3.05) is 5.43 Å². The molecule has 0 aliphatic carbocycles. The summed E-state index contributed by atoms with van der Waals surface area (Å²) in [7, 11) is 0. The fraction of sp³-hybridized carbons (Fsp3) is 0. The van der Waals surface area contributed by atoms with Crippen molar-refractivity contribution in [1.82, 2.24) is 0 Å². The van der Waals surface area contributed by atoms with Crippen LogP contribution in [0.15, 0.2) is 79.1 Å². The number of nitrogens with zero attached hydrogens (tertiary/aromatic N) is 1. The summed E-state index contributed by atoms with van der Waals surface area (Å²) in [6, 6.07) is 19.0. The number of aromatic nitrogens is 1. The zero-order valence-electron chi connectivity index (χ0n) is 11.7. The minimum absolute atomic E-state index is 0.180. The Morgan fingerprint density at radius 2 is 1.41 bits per heavy atom. The smallest absolute Gasteiger partial charge is 0.264 e. The fourth-order valence-corrected chi connectivity index (χ4v) is 2.11. The van der Waals surface area contributed by atoms with E-state index in [0.29, 0.717) is 5.56 Å². The summed E-state index contributed by atoms with van der Waals surface area (Å²) >= 11 is 0. The summed E-state index contributed by atoms with van der Waals surface area (Å²) in [6.07, 6.45) is 3.50. The first kappa shape index (κ1) is 13.9. The van der Waals surface area contributed by atoms with Crippen molar-refractivity contribution in [3.8, 4) is 11.1 Å². The highest BCUT2D eigenvalue weighted by molar-refractivity contribution is 5.98. The van der Waals surface area contributed by atoms with Crippen molar-refractivity contribution < 1.29 is 13.9 Å². The molecule has 0 atom stereocenters. The van der Waals surface area contributed by atoms with Crippen molar-refractivity contribution in [2.45, 2.75) is 0 Å². The van der Waals surface area contributed by atoms with Gasteiger partial charge in [-0.2, -0.15) is 0 Å². The summed E-state index contributed by atoms with van der Waals surface area (Å²) in [4.78, 5) is 12.0. The summed E-state index contributed by atoms with van der Waals surface area (Å²) in [5.41, 5.74) is 5.23. The summed E-state index contributed by atoms with van der Waals surface area (Å²) in [6.45, 7) is 0. The molecule has 1 heterocycles. The number of carbonyl (C=O) groups excluding carboxylic acids is 1. The molecule has 1 aromatic heterocycles. The third kappa shape index (κ3) is 3.17. The number of benzene rings is 2. The average molecular weight is 293 g/mol. The highest BCUT2D eigenvalue weighted by Gasteiger charge is 2.10. The number of hydrogen-bond donors (Lipinski definition) is 1. The SMILES string of the molecule is O=C(N[n+]1ccc(-c2ccc(F)cc2)cc1)c1ccccc1. The minimum atomic E-state index is -0.259. The molecule has 0 saturated heterocycles. The van der Waals surface area contributed by atoms with E-state index < -0.39 is 0 Å². The number of halogens is 1. The van der Waals surface area contributed by atoms with Gasteiger partial charge in [0, 0.05) is 17.7 Å². The number of pyridine rings is 1. The van der Waals surface area contributed by atoms with Gasteiger partial charge in [0.2, 0.25) is 12.4 Å². The second kappa shape index (κ2) is 6.18. The van der Waals surface area contributed by atoms with Gasteiger partial charge in [0.1, 0.15) is 5.82 Å². The van der Waals surface area contributed by atoms with E-state index in [1.165, 1.54) is 12.1 Å². The molecule has 3 nitrogen and oxygen atoms in total. The van der Waals surface area contributed by atoms with Crippen LogP contribution in [0.25, 0.3) is 11.1 Å². The van der Waals surface area contributed by atoms with Crippen LogP contribution in [-0.2, 0) is 0 Å². The summed E-state index contributed by atoms with van der Waals surface area (Å²) in [5, 5.41) is 0. The lowest BCUT2D eigenvalue weighted by atomic mass is 10.1. The molecule has 3 aromatic rings. The highest BCUT2D eigenvalue weighted by atomic mass is 19.1. The largest absolute Gasteiger partial charge is 0.305 e. The molecule has 0 saturated carbocycles. The number of rotatable bonds is 3. The monoisotopic (exact) mass is 293 g/mol. The van der Waals surface area contributed by atoms with E-state index in [1.54, 1.807) is 41.3 Å². The highest BCUT2D eigenvalue weighted by Crippen LogP contribution is 2.17. The molecule has 4 heteroatoms. The Balaban J connectivity index is 1.74. The van der Waals surface area contributed by atoms with E-state index in [1.807, 2.05) is 30.3 Å². The summed E-state index contributed by atoms with van der Waals surface area (Å²) < 4.78 is 14.5. The molecular weight excluding hydrogens is 279 g/mol. The van der Waals surface area contributed by atoms with E-state index in [4.69, 9.17) is 0 Å². The van der Waals surface area contributed by atoms with Crippen molar-refractivity contribution >= 4 is 5.91 Å². The first-order valence-corrected chi connectivity index (χ1v) is 6.86. The van der Waals surface area contributed by atoms with Gasteiger partial charge in [0.15, 0.2) is 0 Å². The van der Waals surface area contributed by atoms with Crippen molar-refractivity contribution in [3.05, 3.63) is 90.5 Å². The lowest BCUT2D eigenvalue weighted by Gasteiger charge is -2.02. The van der Waals surface area contributed by atoms with Crippen molar-refractivity contribution in [2.24, 2.45) is 0 Å². The van der Waals surface area contributed by atoms with Gasteiger partial charge in [-0.05, 0) is 35.4 Å². The van der Waals surface area contributed by atoms with E-state index >= 15 is 0 Å². The van der Waals surface area contributed by atoms with E-state index in [2.05, 4.69) is 5.43 Å². The van der Waals surface area contributed by atoms with Gasteiger partial charge in [-0.3, -0.25) is 4.79 Å². The average Bonchev–Trinajstić information content (AvgIpc) is 2.57. The normalized spacial score (nSPS) is 10.2. The zero-order valence-corrected chi connectivity index (χ0v) is 11.7. The Morgan fingerprint density at radius 1 is 0.818 bits per heavy atom. The van der Waals surface area contributed by atoms with Crippen LogP contribution in [0.2, 0.25) is 0 Å². The molecule has 0 bridgehead atoms. The molecule has 108 valence electrons. The van der Waals surface area contributed by atoms with Gasteiger partial charge >= 0.3 is 5.91 Å². The molecule has 0 spiro atoms. The quantitative estimate of drug-likeness (QED) is 0.739. The minimum Gasteiger partial charge on any atom is -0.264 e. The summed E-state index contributed by atoms with van der Waals surface area (Å²) in [5.74, 6) is -0.440. The van der Waals surface area contributed by atoms with Gasteiger partial charge in [0.05, 0.1) is 0 Å². The maximum absolute atomic E-state index is 12.9. The predicted octanol–water partition coefficient (Wildman–Crippen LogP) is 3.16. The second-order valence-electron chi connectivity index (χ2n) is 4.81. The van der Waals surface area contributed by atoms with E-state index in [-0.39, 0.29) is 11.7 Å². The van der Waals surface area contributed by atoms with Crippen LogP contribution in [0.3, 0.4) is 0 Å². The molecule has 0 radical (unpaired) electrons. The van der Waals surface area contributed by atoms with Crippen LogP contribution in [-0.4, -0.2) is 5.91 Å². The van der Waals surface area contributed by atoms with Crippen LogP contribution in [0.5, 0.6) is 0 Å². The molecule has 22 heavy (non-hydrogen) atoms. The third-order valence-electron chi connectivity index (χ3n) is 3.27. The van der Waals surface area contributed by atoms with Crippen LogP contribution in [0.1, 0.15) is 10.4 Å². The van der Waals surface area contributed by atoms with Crippen molar-refractivity contribution in [3.63, 3.8) is 0 Å². The van der Waals surface area contributed by atoms with E-state index in [9.17, 15) is 9.18 Å². The van der Waals surface area contributed by atoms with Gasteiger partial charge < -0.3 is 0 Å². The molecule has 0 aliphatic heterocycles. The second-order valence-corrected chi connectivity index (χ2v) is 4.81. The maximum atomic E-state index is 12.9. The van der Waals surface area contributed by atoms with Crippen LogP contribution < -0.4 is 10.1 Å². The zero-order chi connectivity index (χ0) is 15.4. The predicted molar refractivity (Wildman–Crippen MR) is 82.2 cm³/mol. The van der Waals surface area contributed by atoms with Crippen LogP contribution >= 0.6 is 0 Å². The molecule has 3 rings (SSSR count). The van der Waals surface area contributed by atoms with E-state index in [0.717, 1.165) is 11.1 Å². The van der Waals surface area contributed by atoms with Crippen LogP contribution in [0.4, 0.5) is 4.39 Å². The topological polar surface area (TPSA) is 33.0 Å². The molecule has 1 N–H and O–H groups in total. The Morgan fingerprint density at radius 3 is 2.05 bits per heavy atom. The van der Waals surface area contributed by atoms with Crippen molar-refractivity contribution in [1.29, 1.82) is 0 Å². The molecular formula is C18H14FN2O+. The molecule has 2 aromatic carbocycles. The van der Waals surface area contributed by atoms with Gasteiger partial charge in [-0.15, -0.1) is 5.43 Å². The standard InChI is InChI=1S/C18H13FN2O/c19-17-8-6-14(7-9-17)15-10-12-21(13-11-15)20-18(22)16-4-2-1-3-5-16/h1-13H/p+1. The molecule has 0 fully saturated rings. The number of carbonyl (C=O) groups is 1. The Kier molecular flexibility index (Phi) is 3.92. The lowest BCUT2D eigenvalue weighted by molar-refractivity contribution is -0.641.